The largest absolute Gasteiger partial charge is 1.00 e. The second-order valence-corrected chi connectivity index (χ2v) is 3.31. The Morgan fingerprint density at radius 1 is 1.53 bits per heavy atom. The van der Waals surface area contributed by atoms with E-state index in [2.05, 4.69) is 20.3 Å². The summed E-state index contributed by atoms with van der Waals surface area (Å²) in [4.78, 5) is 10.5. The summed E-state index contributed by atoms with van der Waals surface area (Å²) in [7, 11) is 1.67. The summed E-state index contributed by atoms with van der Waals surface area (Å²) in [5, 5.41) is 3.39. The van der Waals surface area contributed by atoms with Crippen LogP contribution < -0.4 is 34.9 Å². The van der Waals surface area contributed by atoms with E-state index in [1.165, 1.54) is 0 Å². The summed E-state index contributed by atoms with van der Waals surface area (Å²) in [6.07, 6.45) is 0.897. The standard InChI is InChI=1S/C7H12N4OS2.Na/c1-12-4-2-3-8-5-9-6(13)11-7(14)10-5;/h2-4H2,1H3,(H3,8,9,10,11,13,14);/q;+1/p-1. The predicted octanol–water partition coefficient (Wildman–Crippen LogP) is -2.11. The molecule has 0 radical (unpaired) electrons. The Hall–Kier alpha value is 0.210. The fourth-order valence-electron chi connectivity index (χ4n) is 0.872. The number of anilines is 1. The number of nitrogens with one attached hydrogen (secondary N) is 2. The Labute approximate surface area is 121 Å². The molecule has 1 heterocycles. The van der Waals surface area contributed by atoms with Crippen LogP contribution in [-0.2, 0) is 17.4 Å². The molecule has 0 spiro atoms. The summed E-state index contributed by atoms with van der Waals surface area (Å²) < 4.78 is 5.16. The maximum absolute atomic E-state index is 4.90. The van der Waals surface area contributed by atoms with Crippen LogP contribution in [0.2, 0.25) is 0 Å². The zero-order valence-electron chi connectivity index (χ0n) is 8.74. The molecule has 5 nitrogen and oxygen atoms in total. The third-order valence-electron chi connectivity index (χ3n) is 1.45. The Kier molecular flexibility index (Phi) is 8.49. The van der Waals surface area contributed by atoms with Gasteiger partial charge in [0.2, 0.25) is 10.7 Å². The molecule has 1 aromatic heterocycles. The molecule has 0 aliphatic carbocycles. The van der Waals surface area contributed by atoms with Crippen LogP contribution in [0.4, 0.5) is 5.95 Å². The van der Waals surface area contributed by atoms with Crippen molar-refractivity contribution in [3.05, 3.63) is 4.77 Å². The first-order valence-electron chi connectivity index (χ1n) is 4.10. The molecule has 0 saturated heterocycles. The first kappa shape index (κ1) is 15.2. The number of hydrogen-bond acceptors (Lipinski definition) is 6. The molecule has 0 unspecified atom stereocenters. The molecule has 0 bridgehead atoms. The van der Waals surface area contributed by atoms with Gasteiger partial charge >= 0.3 is 29.6 Å². The van der Waals surface area contributed by atoms with Gasteiger partial charge < -0.3 is 27.7 Å². The molecule has 0 atom stereocenters. The van der Waals surface area contributed by atoms with Crippen molar-refractivity contribution in [2.75, 3.05) is 25.6 Å². The molecule has 0 amide bonds. The van der Waals surface area contributed by atoms with E-state index in [9.17, 15) is 0 Å². The molecule has 0 aliphatic heterocycles. The molecule has 0 fully saturated rings. The van der Waals surface area contributed by atoms with Gasteiger partial charge in [0.25, 0.3) is 0 Å². The summed E-state index contributed by atoms with van der Waals surface area (Å²) in [6, 6.07) is 0. The number of rotatable bonds is 5. The third kappa shape index (κ3) is 6.39. The van der Waals surface area contributed by atoms with Gasteiger partial charge in [-0.25, -0.2) is 4.98 Å². The Morgan fingerprint density at radius 3 is 2.87 bits per heavy atom. The van der Waals surface area contributed by atoms with Crippen LogP contribution in [0, 0.1) is 4.77 Å². The number of nitrogens with zero attached hydrogens (tertiary/aromatic N) is 2. The molecule has 1 aromatic rings. The van der Waals surface area contributed by atoms with Crippen LogP contribution in [0.15, 0.2) is 5.16 Å². The van der Waals surface area contributed by atoms with Crippen LogP contribution in [0.5, 0.6) is 0 Å². The van der Waals surface area contributed by atoms with Gasteiger partial charge in [0.05, 0.1) is 0 Å². The fourth-order valence-corrected chi connectivity index (χ4v) is 1.30. The second-order valence-electron chi connectivity index (χ2n) is 2.56. The van der Waals surface area contributed by atoms with Gasteiger partial charge in [0.15, 0.2) is 0 Å². The van der Waals surface area contributed by atoms with E-state index < -0.39 is 0 Å². The number of aromatic amines is 1. The summed E-state index contributed by atoms with van der Waals surface area (Å²) in [5.74, 6) is 0.561. The SMILES string of the molecule is COCCCNc1nc(=S)nc([S-])[nH]1.[Na+]. The number of hydrogen-bond donors (Lipinski definition) is 2. The van der Waals surface area contributed by atoms with E-state index in [4.69, 9.17) is 29.6 Å². The number of ether oxygens (including phenoxy) is 1. The van der Waals surface area contributed by atoms with Crippen molar-refractivity contribution >= 4 is 30.8 Å². The summed E-state index contributed by atoms with van der Waals surface area (Å²) in [6.45, 7) is 1.46. The van der Waals surface area contributed by atoms with Gasteiger partial charge in [0.1, 0.15) is 0 Å². The second kappa shape index (κ2) is 8.37. The predicted molar refractivity (Wildman–Crippen MR) is 57.8 cm³/mol. The van der Waals surface area contributed by atoms with Crippen molar-refractivity contribution in [1.82, 2.24) is 15.0 Å². The van der Waals surface area contributed by atoms with Crippen molar-refractivity contribution in [3.63, 3.8) is 0 Å². The molecule has 8 heteroatoms. The van der Waals surface area contributed by atoms with E-state index in [0.717, 1.165) is 13.0 Å². The van der Waals surface area contributed by atoms with E-state index >= 15 is 0 Å². The Morgan fingerprint density at radius 2 is 2.27 bits per heavy atom. The average molecular weight is 254 g/mol. The minimum Gasteiger partial charge on any atom is -0.742 e. The van der Waals surface area contributed by atoms with E-state index in [1.807, 2.05) is 0 Å². The molecule has 0 aromatic carbocycles. The Bertz CT molecular complexity index is 346. The molecule has 15 heavy (non-hydrogen) atoms. The average Bonchev–Trinajstić information content (AvgIpc) is 2.11. The van der Waals surface area contributed by atoms with Crippen LogP contribution in [0.1, 0.15) is 6.42 Å². The van der Waals surface area contributed by atoms with Gasteiger partial charge in [0, 0.05) is 20.3 Å². The van der Waals surface area contributed by atoms with Crippen molar-refractivity contribution < 1.29 is 34.3 Å². The van der Waals surface area contributed by atoms with Gasteiger partial charge in [-0.05, 0) is 23.8 Å². The first-order chi connectivity index (χ1) is 6.72. The minimum absolute atomic E-state index is 0. The number of aromatic nitrogens is 3. The number of H-pyrrole nitrogens is 1. The molecule has 1 rings (SSSR count). The van der Waals surface area contributed by atoms with Crippen LogP contribution in [0.25, 0.3) is 0 Å². The monoisotopic (exact) mass is 254 g/mol. The van der Waals surface area contributed by atoms with Crippen molar-refractivity contribution in [1.29, 1.82) is 0 Å². The van der Waals surface area contributed by atoms with Gasteiger partial charge in [-0.3, -0.25) is 0 Å². The molecular formula is C7H11N4NaOS2. The first-order valence-corrected chi connectivity index (χ1v) is 4.92. The van der Waals surface area contributed by atoms with Crippen LogP contribution in [0.3, 0.4) is 0 Å². The number of methoxy groups -OCH3 is 1. The molecule has 0 aliphatic rings. The zero-order valence-corrected chi connectivity index (χ0v) is 12.4. The van der Waals surface area contributed by atoms with E-state index in [1.54, 1.807) is 7.11 Å². The van der Waals surface area contributed by atoms with Crippen molar-refractivity contribution in [3.8, 4) is 0 Å². The topological polar surface area (TPSA) is 62.8 Å². The van der Waals surface area contributed by atoms with Crippen LogP contribution >= 0.6 is 12.2 Å². The molecular weight excluding hydrogens is 243 g/mol. The van der Waals surface area contributed by atoms with Gasteiger partial charge in [-0.2, -0.15) is 4.98 Å². The third-order valence-corrected chi connectivity index (χ3v) is 1.82. The van der Waals surface area contributed by atoms with Crippen molar-refractivity contribution in [2.24, 2.45) is 0 Å². The maximum atomic E-state index is 4.90. The smallest absolute Gasteiger partial charge is 0.742 e. The zero-order chi connectivity index (χ0) is 10.4. The van der Waals surface area contributed by atoms with Gasteiger partial charge in [-0.1, -0.05) is 0 Å². The summed E-state index contributed by atoms with van der Waals surface area (Å²) >= 11 is 9.67. The normalized spacial score (nSPS) is 9.40. The molecule has 78 valence electrons. The molecule has 2 N–H and O–H groups in total. The van der Waals surface area contributed by atoms with E-state index in [-0.39, 0.29) is 34.3 Å². The quantitative estimate of drug-likeness (QED) is 0.271. The minimum atomic E-state index is 0. The van der Waals surface area contributed by atoms with Crippen molar-refractivity contribution in [2.45, 2.75) is 11.6 Å². The van der Waals surface area contributed by atoms with Gasteiger partial charge in [-0.15, -0.1) is 0 Å². The maximum Gasteiger partial charge on any atom is 1.00 e. The summed E-state index contributed by atoms with van der Waals surface area (Å²) in [5.41, 5.74) is 0. The fraction of sp³-hybridized carbons (Fsp3) is 0.571. The Balaban J connectivity index is 0.00000196. The molecule has 0 saturated carbocycles. The van der Waals surface area contributed by atoms with E-state index in [0.29, 0.717) is 17.7 Å². The van der Waals surface area contributed by atoms with Crippen LogP contribution in [-0.4, -0.2) is 35.2 Å².